The van der Waals surface area contributed by atoms with Crippen LogP contribution in [0.1, 0.15) is 0 Å². The van der Waals surface area contributed by atoms with Crippen LogP contribution in [-0.2, 0) is 0 Å². The maximum atomic E-state index is 8.66. The van der Waals surface area contributed by atoms with Crippen LogP contribution in [0.2, 0.25) is 0 Å². The number of rotatable bonds is 0. The normalized spacial score (nSPS) is 13.0. The van der Waals surface area contributed by atoms with Gasteiger partial charge in [0.1, 0.15) is 18.2 Å². The van der Waals surface area contributed by atoms with Crippen molar-refractivity contribution in [2.45, 2.75) is 0 Å². The Labute approximate surface area is 75.3 Å². The second-order valence-corrected chi connectivity index (χ2v) is 2.17. The Hall–Kier alpha value is -2.51. The van der Waals surface area contributed by atoms with Crippen LogP contribution in [0.15, 0.2) is 35.2 Å². The molecule has 1 rings (SSSR count). The molecule has 1 N–H and O–H groups in total. The summed E-state index contributed by atoms with van der Waals surface area (Å²) in [4.78, 5) is 0. The zero-order chi connectivity index (χ0) is 9.68. The highest BCUT2D eigenvalue weighted by atomic mass is 14.9. The molecule has 0 fully saturated rings. The molecule has 13 heavy (non-hydrogen) atoms. The minimum absolute atomic E-state index is 0.0860. The summed E-state index contributed by atoms with van der Waals surface area (Å²) in [6.45, 7) is 0. The SMILES string of the molecule is N#CC1=CC=CNC1=C(C#N)C#N. The predicted octanol–water partition coefficient (Wildman–Crippen LogP) is 0.855. The van der Waals surface area contributed by atoms with Gasteiger partial charge in [0, 0.05) is 6.20 Å². The summed E-state index contributed by atoms with van der Waals surface area (Å²) in [5, 5.41) is 28.5. The van der Waals surface area contributed by atoms with E-state index < -0.39 is 0 Å². The summed E-state index contributed by atoms with van der Waals surface area (Å²) in [5.74, 6) is 0. The zero-order valence-electron chi connectivity index (χ0n) is 6.57. The van der Waals surface area contributed by atoms with Gasteiger partial charge in [-0.1, -0.05) is 0 Å². The standard InChI is InChI=1S/C9H4N4/c10-4-7-2-1-3-13-9(7)8(5-11)6-12/h1-3,13H. The molecule has 0 amide bonds. The lowest BCUT2D eigenvalue weighted by atomic mass is 10.1. The van der Waals surface area contributed by atoms with Gasteiger partial charge in [0.2, 0.25) is 0 Å². The van der Waals surface area contributed by atoms with E-state index in [4.69, 9.17) is 15.8 Å². The summed E-state index contributed by atoms with van der Waals surface area (Å²) < 4.78 is 0. The summed E-state index contributed by atoms with van der Waals surface area (Å²) in [6.07, 6.45) is 4.74. The Morgan fingerprint density at radius 2 is 1.92 bits per heavy atom. The highest BCUT2D eigenvalue weighted by Gasteiger charge is 2.11. The molecule has 1 aliphatic heterocycles. The predicted molar refractivity (Wildman–Crippen MR) is 44.2 cm³/mol. The fraction of sp³-hybridized carbons (Fsp3) is 0. The van der Waals surface area contributed by atoms with E-state index in [-0.39, 0.29) is 11.3 Å². The van der Waals surface area contributed by atoms with Gasteiger partial charge in [-0.05, 0) is 12.2 Å². The maximum Gasteiger partial charge on any atom is 0.154 e. The minimum Gasteiger partial charge on any atom is -0.359 e. The third kappa shape index (κ3) is 1.56. The van der Waals surface area contributed by atoms with E-state index in [2.05, 4.69) is 5.32 Å². The average molecular weight is 168 g/mol. The third-order valence-corrected chi connectivity index (χ3v) is 1.45. The lowest BCUT2D eigenvalue weighted by Gasteiger charge is -2.08. The van der Waals surface area contributed by atoms with Crippen molar-refractivity contribution >= 4 is 0 Å². The summed E-state index contributed by atoms with van der Waals surface area (Å²) in [5.41, 5.74) is 0.479. The van der Waals surface area contributed by atoms with Gasteiger partial charge in [0.15, 0.2) is 5.57 Å². The molecule has 60 valence electrons. The van der Waals surface area contributed by atoms with E-state index in [9.17, 15) is 0 Å². The monoisotopic (exact) mass is 168 g/mol. The number of allylic oxidation sites excluding steroid dienone is 4. The van der Waals surface area contributed by atoms with Gasteiger partial charge >= 0.3 is 0 Å². The second kappa shape index (κ2) is 3.76. The number of nitrogens with one attached hydrogen (secondary N) is 1. The van der Waals surface area contributed by atoms with E-state index in [1.165, 1.54) is 0 Å². The molecule has 0 spiro atoms. The highest BCUT2D eigenvalue weighted by molar-refractivity contribution is 5.55. The van der Waals surface area contributed by atoms with Crippen molar-refractivity contribution < 1.29 is 0 Å². The van der Waals surface area contributed by atoms with Crippen LogP contribution in [-0.4, -0.2) is 0 Å². The molecule has 0 aromatic carbocycles. The highest BCUT2D eigenvalue weighted by Crippen LogP contribution is 2.13. The van der Waals surface area contributed by atoms with Crippen molar-refractivity contribution in [1.82, 2.24) is 5.32 Å². The number of hydrogen-bond donors (Lipinski definition) is 1. The molecular formula is C9H4N4. The van der Waals surface area contributed by atoms with Crippen LogP contribution in [0.3, 0.4) is 0 Å². The lowest BCUT2D eigenvalue weighted by Crippen LogP contribution is -2.12. The van der Waals surface area contributed by atoms with Gasteiger partial charge in [-0.15, -0.1) is 0 Å². The first kappa shape index (κ1) is 8.59. The van der Waals surface area contributed by atoms with Gasteiger partial charge in [-0.3, -0.25) is 0 Å². The van der Waals surface area contributed by atoms with Crippen LogP contribution >= 0.6 is 0 Å². The van der Waals surface area contributed by atoms with Crippen LogP contribution in [0.5, 0.6) is 0 Å². The van der Waals surface area contributed by atoms with Crippen LogP contribution < -0.4 is 5.32 Å². The van der Waals surface area contributed by atoms with Crippen molar-refractivity contribution in [3.8, 4) is 18.2 Å². The van der Waals surface area contributed by atoms with Crippen molar-refractivity contribution in [3.63, 3.8) is 0 Å². The number of dihydropyridines is 1. The van der Waals surface area contributed by atoms with Gasteiger partial charge in [-0.2, -0.15) is 15.8 Å². The molecule has 4 heteroatoms. The Morgan fingerprint density at radius 1 is 1.23 bits per heavy atom. The molecule has 0 unspecified atom stereocenters. The molecule has 0 aromatic heterocycles. The average Bonchev–Trinajstić information content (AvgIpc) is 2.20. The first-order chi connectivity index (χ1) is 6.33. The topological polar surface area (TPSA) is 83.4 Å². The second-order valence-electron chi connectivity index (χ2n) is 2.17. The molecule has 0 aromatic rings. The van der Waals surface area contributed by atoms with Crippen molar-refractivity contribution in [1.29, 1.82) is 15.8 Å². The van der Waals surface area contributed by atoms with E-state index in [0.29, 0.717) is 5.57 Å². The van der Waals surface area contributed by atoms with Crippen LogP contribution in [0, 0.1) is 34.0 Å². The van der Waals surface area contributed by atoms with Crippen LogP contribution in [0.25, 0.3) is 0 Å². The smallest absolute Gasteiger partial charge is 0.154 e. The molecule has 0 saturated heterocycles. The van der Waals surface area contributed by atoms with Gasteiger partial charge in [-0.25, -0.2) is 0 Å². The molecule has 0 atom stereocenters. The number of nitrogens with zero attached hydrogens (tertiary/aromatic N) is 3. The molecule has 0 aliphatic carbocycles. The van der Waals surface area contributed by atoms with Crippen molar-refractivity contribution in [2.24, 2.45) is 0 Å². The minimum atomic E-state index is -0.0860. The Kier molecular flexibility index (Phi) is 2.48. The molecule has 1 aliphatic rings. The van der Waals surface area contributed by atoms with E-state index >= 15 is 0 Å². The van der Waals surface area contributed by atoms with E-state index in [0.717, 1.165) is 0 Å². The fourth-order valence-electron chi connectivity index (χ4n) is 0.874. The van der Waals surface area contributed by atoms with Crippen LogP contribution in [0.4, 0.5) is 0 Å². The fourth-order valence-corrected chi connectivity index (χ4v) is 0.874. The lowest BCUT2D eigenvalue weighted by molar-refractivity contribution is 1.06. The number of nitriles is 3. The molecule has 0 radical (unpaired) electrons. The Balaban J connectivity index is 3.25. The molecular weight excluding hydrogens is 164 g/mol. The maximum absolute atomic E-state index is 8.66. The zero-order valence-corrected chi connectivity index (χ0v) is 6.57. The molecule has 0 saturated carbocycles. The summed E-state index contributed by atoms with van der Waals surface area (Å²) >= 11 is 0. The largest absolute Gasteiger partial charge is 0.359 e. The summed E-state index contributed by atoms with van der Waals surface area (Å²) in [6, 6.07) is 5.32. The van der Waals surface area contributed by atoms with Crippen molar-refractivity contribution in [3.05, 3.63) is 35.2 Å². The number of hydrogen-bond acceptors (Lipinski definition) is 4. The van der Waals surface area contributed by atoms with E-state index in [1.54, 1.807) is 30.5 Å². The van der Waals surface area contributed by atoms with Gasteiger partial charge < -0.3 is 5.32 Å². The molecule has 0 bridgehead atoms. The summed E-state index contributed by atoms with van der Waals surface area (Å²) in [7, 11) is 0. The van der Waals surface area contributed by atoms with Gasteiger partial charge in [0.05, 0.1) is 11.3 Å². The third-order valence-electron chi connectivity index (χ3n) is 1.45. The van der Waals surface area contributed by atoms with Crippen molar-refractivity contribution in [2.75, 3.05) is 0 Å². The first-order valence-electron chi connectivity index (χ1n) is 3.41. The molecule has 1 heterocycles. The first-order valence-corrected chi connectivity index (χ1v) is 3.41. The quantitative estimate of drug-likeness (QED) is 0.543. The van der Waals surface area contributed by atoms with Gasteiger partial charge in [0.25, 0.3) is 0 Å². The Morgan fingerprint density at radius 3 is 2.46 bits per heavy atom. The molecule has 4 nitrogen and oxygen atoms in total. The van der Waals surface area contributed by atoms with E-state index in [1.807, 2.05) is 6.07 Å². The Bertz CT molecular complexity index is 416.